The van der Waals surface area contributed by atoms with E-state index in [1.54, 1.807) is 0 Å². The molecule has 0 rings (SSSR count). The van der Waals surface area contributed by atoms with Crippen LogP contribution in [0, 0.1) is 5.41 Å². The van der Waals surface area contributed by atoms with Crippen molar-refractivity contribution < 1.29 is 4.79 Å². The van der Waals surface area contributed by atoms with Gasteiger partial charge in [0.15, 0.2) is 0 Å². The van der Waals surface area contributed by atoms with Gasteiger partial charge in [-0.2, -0.15) is 0 Å². The molecule has 0 saturated heterocycles. The summed E-state index contributed by atoms with van der Waals surface area (Å²) in [7, 11) is 0. The van der Waals surface area contributed by atoms with Crippen molar-refractivity contribution in [3.05, 3.63) is 0 Å². The molecule has 1 atom stereocenters. The Hall–Kier alpha value is -0.570. The van der Waals surface area contributed by atoms with Crippen molar-refractivity contribution in [1.29, 1.82) is 0 Å². The minimum atomic E-state index is -0.432. The first-order valence-corrected chi connectivity index (χ1v) is 7.34. The molecule has 0 aliphatic rings. The van der Waals surface area contributed by atoms with Crippen LogP contribution < -0.4 is 10.6 Å². The van der Waals surface area contributed by atoms with Crippen LogP contribution in [0.1, 0.15) is 67.2 Å². The summed E-state index contributed by atoms with van der Waals surface area (Å²) in [5.41, 5.74) is -0.196. The molecule has 0 aliphatic carbocycles. The Morgan fingerprint density at radius 1 is 1.11 bits per heavy atom. The quantitative estimate of drug-likeness (QED) is 0.665. The Labute approximate surface area is 113 Å². The second-order valence-corrected chi connectivity index (χ2v) is 6.17. The topological polar surface area (TPSA) is 41.1 Å². The molecule has 0 aromatic heterocycles. The van der Waals surface area contributed by atoms with E-state index in [4.69, 9.17) is 0 Å². The van der Waals surface area contributed by atoms with E-state index in [2.05, 4.69) is 38.3 Å². The zero-order chi connectivity index (χ0) is 14.2. The van der Waals surface area contributed by atoms with Gasteiger partial charge in [0.05, 0.1) is 5.54 Å². The van der Waals surface area contributed by atoms with Crippen LogP contribution in [0.4, 0.5) is 0 Å². The molecule has 0 spiro atoms. The van der Waals surface area contributed by atoms with E-state index >= 15 is 0 Å². The number of carbonyl (C=O) groups is 1. The van der Waals surface area contributed by atoms with E-state index in [-0.39, 0.29) is 11.3 Å². The van der Waals surface area contributed by atoms with Gasteiger partial charge in [0, 0.05) is 13.1 Å². The number of rotatable bonds is 9. The molecule has 0 aliphatic heterocycles. The number of hydrogen-bond acceptors (Lipinski definition) is 2. The lowest BCUT2D eigenvalue weighted by Gasteiger charge is -2.34. The largest absolute Gasteiger partial charge is 0.355 e. The molecular formula is C15H32N2O. The van der Waals surface area contributed by atoms with Crippen molar-refractivity contribution in [1.82, 2.24) is 10.6 Å². The predicted molar refractivity (Wildman–Crippen MR) is 78.7 cm³/mol. The van der Waals surface area contributed by atoms with Gasteiger partial charge < -0.3 is 10.6 Å². The summed E-state index contributed by atoms with van der Waals surface area (Å²) in [5.74, 6) is 0.130. The number of nitrogens with one attached hydrogen (secondary N) is 2. The number of amides is 1. The summed E-state index contributed by atoms with van der Waals surface area (Å²) in [5, 5.41) is 6.44. The zero-order valence-electron chi connectivity index (χ0n) is 13.2. The lowest BCUT2D eigenvalue weighted by Crippen LogP contribution is -2.56. The van der Waals surface area contributed by atoms with Crippen molar-refractivity contribution in [3.63, 3.8) is 0 Å². The average Bonchev–Trinajstić information content (AvgIpc) is 2.34. The van der Waals surface area contributed by atoms with E-state index in [1.165, 1.54) is 0 Å². The van der Waals surface area contributed by atoms with E-state index in [9.17, 15) is 4.79 Å². The lowest BCUT2D eigenvalue weighted by atomic mass is 9.87. The third-order valence-corrected chi connectivity index (χ3v) is 3.78. The van der Waals surface area contributed by atoms with Gasteiger partial charge in [-0.25, -0.2) is 0 Å². The molecule has 1 unspecified atom stereocenters. The molecule has 0 fully saturated rings. The molecule has 18 heavy (non-hydrogen) atoms. The predicted octanol–water partition coefficient (Wildman–Crippen LogP) is 3.10. The van der Waals surface area contributed by atoms with Crippen molar-refractivity contribution >= 4 is 5.91 Å². The van der Waals surface area contributed by atoms with E-state index in [0.717, 1.165) is 32.2 Å². The van der Waals surface area contributed by atoms with Crippen molar-refractivity contribution in [2.45, 2.75) is 72.8 Å². The van der Waals surface area contributed by atoms with Gasteiger partial charge in [-0.1, -0.05) is 40.5 Å². The molecule has 0 heterocycles. The van der Waals surface area contributed by atoms with Gasteiger partial charge in [0.25, 0.3) is 0 Å². The molecule has 0 saturated carbocycles. The summed E-state index contributed by atoms with van der Waals surface area (Å²) in [4.78, 5) is 12.2. The maximum atomic E-state index is 12.2. The molecule has 0 radical (unpaired) electrons. The highest BCUT2D eigenvalue weighted by Gasteiger charge is 2.33. The lowest BCUT2D eigenvalue weighted by molar-refractivity contribution is -0.127. The molecule has 0 bridgehead atoms. The number of carbonyl (C=O) groups excluding carboxylic acids is 1. The third-order valence-electron chi connectivity index (χ3n) is 3.78. The Bertz CT molecular complexity index is 251. The van der Waals surface area contributed by atoms with Crippen LogP contribution in [-0.4, -0.2) is 24.5 Å². The minimum Gasteiger partial charge on any atom is -0.355 e. The van der Waals surface area contributed by atoms with E-state index < -0.39 is 5.54 Å². The third kappa shape index (κ3) is 5.85. The molecule has 3 nitrogen and oxygen atoms in total. The van der Waals surface area contributed by atoms with Crippen LogP contribution >= 0.6 is 0 Å². The Balaban J connectivity index is 4.61. The second kappa shape index (κ2) is 7.78. The first-order valence-electron chi connectivity index (χ1n) is 7.34. The normalized spacial score (nSPS) is 15.2. The fraction of sp³-hybridized carbons (Fsp3) is 0.933. The highest BCUT2D eigenvalue weighted by Crippen LogP contribution is 2.21. The maximum absolute atomic E-state index is 12.2. The summed E-state index contributed by atoms with van der Waals surface area (Å²) in [6.45, 7) is 14.4. The van der Waals surface area contributed by atoms with Gasteiger partial charge >= 0.3 is 0 Å². The monoisotopic (exact) mass is 256 g/mol. The summed E-state index contributed by atoms with van der Waals surface area (Å²) >= 11 is 0. The smallest absolute Gasteiger partial charge is 0.240 e. The van der Waals surface area contributed by atoms with Gasteiger partial charge in [0.2, 0.25) is 5.91 Å². The zero-order valence-corrected chi connectivity index (χ0v) is 13.2. The minimum absolute atomic E-state index is 0.130. The molecular weight excluding hydrogens is 224 g/mol. The van der Waals surface area contributed by atoms with Gasteiger partial charge in [0.1, 0.15) is 0 Å². The Morgan fingerprint density at radius 3 is 2.17 bits per heavy atom. The summed E-state index contributed by atoms with van der Waals surface area (Å²) in [6.07, 6.45) is 4.20. The van der Waals surface area contributed by atoms with Crippen LogP contribution in [0.2, 0.25) is 0 Å². The second-order valence-electron chi connectivity index (χ2n) is 6.17. The summed E-state index contributed by atoms with van der Waals surface area (Å²) in [6, 6.07) is 0. The van der Waals surface area contributed by atoms with Crippen LogP contribution in [0.3, 0.4) is 0 Å². The Kier molecular flexibility index (Phi) is 7.53. The average molecular weight is 256 g/mol. The van der Waals surface area contributed by atoms with E-state index in [1.807, 2.05) is 13.8 Å². The van der Waals surface area contributed by atoms with Gasteiger partial charge in [-0.3, -0.25) is 4.79 Å². The highest BCUT2D eigenvalue weighted by molar-refractivity contribution is 5.85. The molecule has 2 N–H and O–H groups in total. The van der Waals surface area contributed by atoms with Crippen LogP contribution in [-0.2, 0) is 4.79 Å². The van der Waals surface area contributed by atoms with E-state index in [0.29, 0.717) is 6.54 Å². The molecule has 0 aromatic rings. The van der Waals surface area contributed by atoms with Crippen molar-refractivity contribution in [2.75, 3.05) is 13.1 Å². The molecule has 0 aromatic carbocycles. The van der Waals surface area contributed by atoms with Crippen LogP contribution in [0.25, 0.3) is 0 Å². The van der Waals surface area contributed by atoms with Gasteiger partial charge in [-0.15, -0.1) is 0 Å². The van der Waals surface area contributed by atoms with Crippen LogP contribution in [0.15, 0.2) is 0 Å². The summed E-state index contributed by atoms with van der Waals surface area (Å²) < 4.78 is 0. The molecule has 1 amide bonds. The first kappa shape index (κ1) is 17.4. The number of hydrogen-bond donors (Lipinski definition) is 2. The first-order chi connectivity index (χ1) is 8.31. The fourth-order valence-corrected chi connectivity index (χ4v) is 1.73. The maximum Gasteiger partial charge on any atom is 0.240 e. The Morgan fingerprint density at radius 2 is 1.72 bits per heavy atom. The highest BCUT2D eigenvalue weighted by atomic mass is 16.2. The SMILES string of the molecule is CCCCC(C)(NCC(C)(C)CC)C(=O)NCC. The fourth-order valence-electron chi connectivity index (χ4n) is 1.73. The molecule has 3 heteroatoms. The standard InChI is InChI=1S/C15H32N2O/c1-7-10-11-15(6,13(18)16-9-3)17-12-14(4,5)8-2/h17H,7-12H2,1-6H3,(H,16,18). The van der Waals surface area contributed by atoms with Crippen LogP contribution in [0.5, 0.6) is 0 Å². The van der Waals surface area contributed by atoms with Crippen molar-refractivity contribution in [3.8, 4) is 0 Å². The van der Waals surface area contributed by atoms with Crippen molar-refractivity contribution in [2.24, 2.45) is 5.41 Å². The van der Waals surface area contributed by atoms with Gasteiger partial charge in [-0.05, 0) is 32.1 Å². The molecule has 108 valence electrons. The number of unbranched alkanes of at least 4 members (excludes halogenated alkanes) is 1. The number of likely N-dealkylation sites (N-methyl/N-ethyl adjacent to an activating group) is 1.